The van der Waals surface area contributed by atoms with Crippen LogP contribution in [0.15, 0.2) is 42.5 Å². The van der Waals surface area contributed by atoms with Crippen LogP contribution in [0, 0.1) is 20.8 Å². The molecule has 0 saturated carbocycles. The van der Waals surface area contributed by atoms with Crippen LogP contribution in [0.1, 0.15) is 16.7 Å². The van der Waals surface area contributed by atoms with Crippen molar-refractivity contribution in [2.45, 2.75) is 20.8 Å². The summed E-state index contributed by atoms with van der Waals surface area (Å²) in [6.45, 7) is 6.11. The van der Waals surface area contributed by atoms with E-state index < -0.39 is 10.0 Å². The van der Waals surface area contributed by atoms with Crippen molar-refractivity contribution in [2.75, 3.05) is 29.0 Å². The molecule has 0 saturated heterocycles. The van der Waals surface area contributed by atoms with Gasteiger partial charge in [-0.25, -0.2) is 13.2 Å². The number of anilines is 2. The fourth-order valence-corrected chi connectivity index (χ4v) is 4.02. The number of nitrogens with one attached hydrogen (secondary N) is 2. The van der Waals surface area contributed by atoms with Crippen LogP contribution >= 0.6 is 0 Å². The molecule has 0 heterocycles. The van der Waals surface area contributed by atoms with Gasteiger partial charge >= 0.3 is 6.03 Å². The van der Waals surface area contributed by atoms with Crippen LogP contribution in [0.3, 0.4) is 0 Å². The van der Waals surface area contributed by atoms with Crippen molar-refractivity contribution >= 4 is 27.4 Å². The number of carbonyl (C=O) groups excluding carboxylic acids is 1. The minimum atomic E-state index is -3.47. The van der Waals surface area contributed by atoms with Crippen LogP contribution < -0.4 is 14.9 Å². The van der Waals surface area contributed by atoms with Crippen LogP contribution in [-0.4, -0.2) is 33.8 Å². The molecule has 2 aromatic rings. The Morgan fingerprint density at radius 3 is 2.15 bits per heavy atom. The van der Waals surface area contributed by atoms with Crippen molar-refractivity contribution in [2.24, 2.45) is 0 Å². The Hall–Kier alpha value is -2.54. The Morgan fingerprint density at radius 1 is 1.04 bits per heavy atom. The van der Waals surface area contributed by atoms with E-state index in [0.717, 1.165) is 16.7 Å². The molecule has 0 aliphatic carbocycles. The number of sulfonamides is 1. The second-order valence-corrected chi connectivity index (χ2v) is 8.24. The quantitative estimate of drug-likeness (QED) is 0.814. The standard InChI is InChI=1S/C19H25N3O3S/c1-14-12-15(2)18(16(3)13-14)22(26(4,24)25)11-10-20-19(23)21-17-8-6-5-7-9-17/h5-9,12-13H,10-11H2,1-4H3,(H2,20,21,23). The summed E-state index contributed by atoms with van der Waals surface area (Å²) in [6, 6.07) is 12.6. The minimum absolute atomic E-state index is 0.159. The summed E-state index contributed by atoms with van der Waals surface area (Å²) in [6.07, 6.45) is 1.18. The molecule has 2 N–H and O–H groups in total. The van der Waals surface area contributed by atoms with E-state index in [-0.39, 0.29) is 19.1 Å². The molecule has 0 bridgehead atoms. The van der Waals surface area contributed by atoms with Crippen LogP contribution in [0.2, 0.25) is 0 Å². The second-order valence-electron chi connectivity index (χ2n) is 6.33. The van der Waals surface area contributed by atoms with Crippen LogP contribution in [0.4, 0.5) is 16.2 Å². The van der Waals surface area contributed by atoms with Gasteiger partial charge in [-0.15, -0.1) is 0 Å². The maximum absolute atomic E-state index is 12.3. The van der Waals surface area contributed by atoms with Gasteiger partial charge in [0.05, 0.1) is 18.5 Å². The van der Waals surface area contributed by atoms with Gasteiger partial charge in [0.2, 0.25) is 10.0 Å². The fraction of sp³-hybridized carbons (Fsp3) is 0.316. The number of urea groups is 1. The van der Waals surface area contributed by atoms with E-state index in [9.17, 15) is 13.2 Å². The van der Waals surface area contributed by atoms with Gasteiger partial charge in [0.1, 0.15) is 0 Å². The molecule has 7 heteroatoms. The lowest BCUT2D eigenvalue weighted by molar-refractivity contribution is 0.252. The molecule has 0 fully saturated rings. The molecule has 0 spiro atoms. The number of hydrogen-bond donors (Lipinski definition) is 2. The first-order valence-electron chi connectivity index (χ1n) is 8.34. The van der Waals surface area contributed by atoms with Gasteiger partial charge in [-0.3, -0.25) is 4.31 Å². The molecule has 26 heavy (non-hydrogen) atoms. The first-order valence-corrected chi connectivity index (χ1v) is 10.2. The summed E-state index contributed by atoms with van der Waals surface area (Å²) < 4.78 is 25.9. The molecule has 140 valence electrons. The molecule has 2 amide bonds. The summed E-state index contributed by atoms with van der Waals surface area (Å²) in [7, 11) is -3.47. The maximum Gasteiger partial charge on any atom is 0.319 e. The summed E-state index contributed by atoms with van der Waals surface area (Å²) in [4.78, 5) is 12.0. The van der Waals surface area contributed by atoms with E-state index >= 15 is 0 Å². The smallest absolute Gasteiger partial charge is 0.319 e. The molecular weight excluding hydrogens is 350 g/mol. The molecule has 0 aliphatic rings. The number of carbonyl (C=O) groups is 1. The molecule has 0 atom stereocenters. The average Bonchev–Trinajstić information content (AvgIpc) is 2.52. The summed E-state index contributed by atoms with van der Waals surface area (Å²) in [5.41, 5.74) is 4.21. The Bertz CT molecular complexity index is 857. The third kappa shape index (κ3) is 5.23. The van der Waals surface area contributed by atoms with Crippen molar-refractivity contribution in [3.63, 3.8) is 0 Å². The highest BCUT2D eigenvalue weighted by Crippen LogP contribution is 2.27. The second kappa shape index (κ2) is 8.23. The van der Waals surface area contributed by atoms with Gasteiger partial charge in [0, 0.05) is 12.2 Å². The lowest BCUT2D eigenvalue weighted by Crippen LogP contribution is -2.40. The van der Waals surface area contributed by atoms with Crippen molar-refractivity contribution < 1.29 is 13.2 Å². The summed E-state index contributed by atoms with van der Waals surface area (Å²) in [5.74, 6) is 0. The molecule has 2 aromatic carbocycles. The zero-order valence-corrected chi connectivity index (χ0v) is 16.4. The van der Waals surface area contributed by atoms with Gasteiger partial charge in [-0.1, -0.05) is 35.9 Å². The zero-order valence-electron chi connectivity index (χ0n) is 15.5. The van der Waals surface area contributed by atoms with Gasteiger partial charge in [-0.05, 0) is 44.0 Å². The molecule has 0 aliphatic heterocycles. The number of amides is 2. The maximum atomic E-state index is 12.3. The van der Waals surface area contributed by atoms with E-state index in [1.165, 1.54) is 10.6 Å². The number of nitrogens with zero attached hydrogens (tertiary/aromatic N) is 1. The van der Waals surface area contributed by atoms with E-state index in [2.05, 4.69) is 10.6 Å². The number of benzene rings is 2. The molecular formula is C19H25N3O3S. The Labute approximate surface area is 155 Å². The van der Waals surface area contributed by atoms with E-state index in [0.29, 0.717) is 11.4 Å². The minimum Gasteiger partial charge on any atom is -0.336 e. The molecule has 0 aromatic heterocycles. The van der Waals surface area contributed by atoms with Gasteiger partial charge in [0.15, 0.2) is 0 Å². The van der Waals surface area contributed by atoms with Gasteiger partial charge in [0.25, 0.3) is 0 Å². The van der Waals surface area contributed by atoms with Crippen molar-refractivity contribution in [1.82, 2.24) is 5.32 Å². The number of rotatable bonds is 6. The summed E-state index contributed by atoms with van der Waals surface area (Å²) >= 11 is 0. The average molecular weight is 375 g/mol. The topological polar surface area (TPSA) is 78.5 Å². The SMILES string of the molecule is Cc1cc(C)c(N(CCNC(=O)Nc2ccccc2)S(C)(=O)=O)c(C)c1. The van der Waals surface area contributed by atoms with E-state index in [4.69, 9.17) is 0 Å². The predicted molar refractivity (Wildman–Crippen MR) is 106 cm³/mol. The highest BCUT2D eigenvalue weighted by molar-refractivity contribution is 7.92. The van der Waals surface area contributed by atoms with E-state index in [1.807, 2.05) is 51.1 Å². The molecule has 0 radical (unpaired) electrons. The van der Waals surface area contributed by atoms with Crippen LogP contribution in [0.25, 0.3) is 0 Å². The first kappa shape index (κ1) is 19.8. The van der Waals surface area contributed by atoms with Crippen molar-refractivity contribution in [3.8, 4) is 0 Å². The molecule has 0 unspecified atom stereocenters. The number of aryl methyl sites for hydroxylation is 3. The predicted octanol–water partition coefficient (Wildman–Crippen LogP) is 3.20. The van der Waals surface area contributed by atoms with Gasteiger partial charge < -0.3 is 10.6 Å². The molecule has 6 nitrogen and oxygen atoms in total. The number of hydrogen-bond acceptors (Lipinski definition) is 3. The zero-order chi connectivity index (χ0) is 19.3. The molecule has 2 rings (SSSR count). The Kier molecular flexibility index (Phi) is 6.26. The fourth-order valence-electron chi connectivity index (χ4n) is 2.98. The lowest BCUT2D eigenvalue weighted by atomic mass is 10.1. The normalized spacial score (nSPS) is 11.1. The van der Waals surface area contributed by atoms with Crippen molar-refractivity contribution in [3.05, 3.63) is 59.2 Å². The van der Waals surface area contributed by atoms with Gasteiger partial charge in [-0.2, -0.15) is 0 Å². The van der Waals surface area contributed by atoms with Crippen LogP contribution in [0.5, 0.6) is 0 Å². The highest BCUT2D eigenvalue weighted by Gasteiger charge is 2.21. The first-order chi connectivity index (χ1) is 12.2. The third-order valence-electron chi connectivity index (χ3n) is 3.92. The monoisotopic (exact) mass is 375 g/mol. The number of para-hydroxylation sites is 1. The Balaban J connectivity index is 2.07. The highest BCUT2D eigenvalue weighted by atomic mass is 32.2. The van der Waals surface area contributed by atoms with Crippen LogP contribution in [-0.2, 0) is 10.0 Å². The van der Waals surface area contributed by atoms with E-state index in [1.54, 1.807) is 12.1 Å². The largest absolute Gasteiger partial charge is 0.336 e. The lowest BCUT2D eigenvalue weighted by Gasteiger charge is -2.26. The van der Waals surface area contributed by atoms with Crippen molar-refractivity contribution in [1.29, 1.82) is 0 Å². The summed E-state index contributed by atoms with van der Waals surface area (Å²) in [5, 5.41) is 5.40. The Morgan fingerprint density at radius 2 is 1.62 bits per heavy atom. The third-order valence-corrected chi connectivity index (χ3v) is 5.08.